The zero-order valence-corrected chi connectivity index (χ0v) is 13.1. The molecule has 2 nitrogen and oxygen atoms in total. The summed E-state index contributed by atoms with van der Waals surface area (Å²) < 4.78 is 0. The first-order valence-electron chi connectivity index (χ1n) is 6.95. The summed E-state index contributed by atoms with van der Waals surface area (Å²) in [6.07, 6.45) is 0.447. The topological polar surface area (TPSA) is 20.3 Å². The minimum absolute atomic E-state index is 0.0370. The van der Waals surface area contributed by atoms with Crippen molar-refractivity contribution in [3.63, 3.8) is 0 Å². The fourth-order valence-corrected chi connectivity index (χ4v) is 4.15. The standard InChI is InChI=1S/C17H16ClNOS/c18-15-9-5-4-8-14(15)17-19(10-11-21-17)16(20)12-13-6-2-1-3-7-13/h1-9,17H,10-12H2. The molecule has 2 aromatic rings. The fraction of sp³-hybridized carbons (Fsp3) is 0.235. The minimum atomic E-state index is 0.0370. The van der Waals surface area contributed by atoms with Gasteiger partial charge in [0.05, 0.1) is 6.42 Å². The first-order chi connectivity index (χ1) is 10.3. The van der Waals surface area contributed by atoms with Crippen LogP contribution >= 0.6 is 23.4 Å². The molecule has 1 heterocycles. The van der Waals surface area contributed by atoms with Crippen LogP contribution in [0.25, 0.3) is 0 Å². The highest BCUT2D eigenvalue weighted by atomic mass is 35.5. The maximum atomic E-state index is 12.6. The normalized spacial score (nSPS) is 18.0. The van der Waals surface area contributed by atoms with Crippen molar-refractivity contribution >= 4 is 29.3 Å². The highest BCUT2D eigenvalue weighted by Gasteiger charge is 2.31. The van der Waals surface area contributed by atoms with E-state index in [4.69, 9.17) is 11.6 Å². The van der Waals surface area contributed by atoms with E-state index in [1.165, 1.54) is 0 Å². The summed E-state index contributed by atoms with van der Waals surface area (Å²) in [4.78, 5) is 14.5. The predicted octanol–water partition coefficient (Wildman–Crippen LogP) is 4.16. The molecule has 1 fully saturated rings. The van der Waals surface area contributed by atoms with E-state index in [0.717, 1.165) is 28.4 Å². The van der Waals surface area contributed by atoms with Gasteiger partial charge in [0.15, 0.2) is 0 Å². The van der Waals surface area contributed by atoms with Gasteiger partial charge in [-0.15, -0.1) is 11.8 Å². The maximum absolute atomic E-state index is 12.6. The summed E-state index contributed by atoms with van der Waals surface area (Å²) in [6.45, 7) is 0.784. The van der Waals surface area contributed by atoms with Gasteiger partial charge in [0.2, 0.25) is 5.91 Å². The second kappa shape index (κ2) is 6.54. The van der Waals surface area contributed by atoms with Crippen LogP contribution in [-0.4, -0.2) is 23.1 Å². The van der Waals surface area contributed by atoms with Gasteiger partial charge in [0.1, 0.15) is 5.37 Å². The van der Waals surface area contributed by atoms with E-state index in [0.29, 0.717) is 6.42 Å². The molecule has 1 aliphatic heterocycles. The number of amides is 1. The molecular formula is C17H16ClNOS. The third-order valence-corrected chi connectivity index (χ3v) is 5.17. The molecule has 0 aromatic heterocycles. The van der Waals surface area contributed by atoms with Crippen LogP contribution in [0.4, 0.5) is 0 Å². The smallest absolute Gasteiger partial charge is 0.228 e. The van der Waals surface area contributed by atoms with Gasteiger partial charge in [0, 0.05) is 22.9 Å². The van der Waals surface area contributed by atoms with Crippen molar-refractivity contribution < 1.29 is 4.79 Å². The van der Waals surface area contributed by atoms with Crippen LogP contribution in [0.1, 0.15) is 16.5 Å². The molecule has 1 unspecified atom stereocenters. The van der Waals surface area contributed by atoms with E-state index in [-0.39, 0.29) is 11.3 Å². The number of nitrogens with zero attached hydrogens (tertiary/aromatic N) is 1. The van der Waals surface area contributed by atoms with Gasteiger partial charge in [-0.3, -0.25) is 4.79 Å². The first kappa shape index (κ1) is 14.5. The number of rotatable bonds is 3. The Morgan fingerprint density at radius 2 is 1.86 bits per heavy atom. The molecule has 0 N–H and O–H groups in total. The summed E-state index contributed by atoms with van der Waals surface area (Å²) >= 11 is 8.06. The lowest BCUT2D eigenvalue weighted by molar-refractivity contribution is -0.130. The van der Waals surface area contributed by atoms with Crippen molar-refractivity contribution in [1.82, 2.24) is 4.90 Å². The molecule has 1 aliphatic rings. The molecule has 3 rings (SSSR count). The molecule has 0 spiro atoms. The molecule has 0 radical (unpaired) electrons. The van der Waals surface area contributed by atoms with Gasteiger partial charge >= 0.3 is 0 Å². The number of carbonyl (C=O) groups excluding carboxylic acids is 1. The predicted molar refractivity (Wildman–Crippen MR) is 88.5 cm³/mol. The molecular weight excluding hydrogens is 302 g/mol. The highest BCUT2D eigenvalue weighted by molar-refractivity contribution is 7.99. The Morgan fingerprint density at radius 3 is 2.62 bits per heavy atom. The maximum Gasteiger partial charge on any atom is 0.228 e. The molecule has 0 bridgehead atoms. The number of halogens is 1. The first-order valence-corrected chi connectivity index (χ1v) is 8.38. The average Bonchev–Trinajstić information content (AvgIpc) is 2.98. The van der Waals surface area contributed by atoms with Gasteiger partial charge < -0.3 is 4.90 Å². The summed E-state index contributed by atoms with van der Waals surface area (Å²) in [5.74, 6) is 1.12. The van der Waals surface area contributed by atoms with Crippen LogP contribution in [-0.2, 0) is 11.2 Å². The molecule has 1 amide bonds. The number of hydrogen-bond acceptors (Lipinski definition) is 2. The van der Waals surface area contributed by atoms with Crippen LogP contribution in [0.15, 0.2) is 54.6 Å². The zero-order valence-electron chi connectivity index (χ0n) is 11.5. The Balaban J connectivity index is 1.78. The van der Waals surface area contributed by atoms with Crippen LogP contribution < -0.4 is 0 Å². The minimum Gasteiger partial charge on any atom is -0.325 e. The third kappa shape index (κ3) is 3.25. The highest BCUT2D eigenvalue weighted by Crippen LogP contribution is 2.40. The lowest BCUT2D eigenvalue weighted by atomic mass is 10.1. The van der Waals surface area contributed by atoms with E-state index in [1.54, 1.807) is 11.8 Å². The van der Waals surface area contributed by atoms with Gasteiger partial charge in [-0.25, -0.2) is 0 Å². The Labute approximate surface area is 134 Å². The lowest BCUT2D eigenvalue weighted by Gasteiger charge is -2.25. The summed E-state index contributed by atoms with van der Waals surface area (Å²) in [5, 5.41) is 0.768. The van der Waals surface area contributed by atoms with E-state index in [2.05, 4.69) is 0 Å². The fourth-order valence-electron chi connectivity index (χ4n) is 2.53. The van der Waals surface area contributed by atoms with Gasteiger partial charge in [-0.1, -0.05) is 60.1 Å². The molecule has 1 saturated heterocycles. The van der Waals surface area contributed by atoms with Crippen LogP contribution in [0.5, 0.6) is 0 Å². The van der Waals surface area contributed by atoms with Crippen molar-refractivity contribution in [2.45, 2.75) is 11.8 Å². The van der Waals surface area contributed by atoms with Gasteiger partial charge in [0.25, 0.3) is 0 Å². The van der Waals surface area contributed by atoms with Crippen molar-refractivity contribution in [3.05, 3.63) is 70.7 Å². The molecule has 0 aliphatic carbocycles. The second-order valence-electron chi connectivity index (χ2n) is 4.99. The van der Waals surface area contributed by atoms with E-state index in [1.807, 2.05) is 59.5 Å². The third-order valence-electron chi connectivity index (χ3n) is 3.58. The van der Waals surface area contributed by atoms with E-state index >= 15 is 0 Å². The molecule has 108 valence electrons. The van der Waals surface area contributed by atoms with Crippen molar-refractivity contribution in [1.29, 1.82) is 0 Å². The number of benzene rings is 2. The van der Waals surface area contributed by atoms with Gasteiger partial charge in [-0.05, 0) is 11.6 Å². The molecule has 2 aromatic carbocycles. The molecule has 21 heavy (non-hydrogen) atoms. The SMILES string of the molecule is O=C(Cc1ccccc1)N1CCSC1c1ccccc1Cl. The average molecular weight is 318 g/mol. The Bertz CT molecular complexity index is 632. The summed E-state index contributed by atoms with van der Waals surface area (Å²) in [7, 11) is 0. The largest absolute Gasteiger partial charge is 0.325 e. The summed E-state index contributed by atoms with van der Waals surface area (Å²) in [5.41, 5.74) is 2.08. The number of carbonyl (C=O) groups is 1. The number of thioether (sulfide) groups is 1. The molecule has 1 atom stereocenters. The monoisotopic (exact) mass is 317 g/mol. The van der Waals surface area contributed by atoms with E-state index in [9.17, 15) is 4.79 Å². The van der Waals surface area contributed by atoms with Crippen LogP contribution in [0, 0.1) is 0 Å². The van der Waals surface area contributed by atoms with Gasteiger partial charge in [-0.2, -0.15) is 0 Å². The van der Waals surface area contributed by atoms with E-state index < -0.39 is 0 Å². The number of hydrogen-bond donors (Lipinski definition) is 0. The van der Waals surface area contributed by atoms with Crippen LogP contribution in [0.2, 0.25) is 5.02 Å². The molecule has 4 heteroatoms. The quantitative estimate of drug-likeness (QED) is 0.847. The van der Waals surface area contributed by atoms with Crippen molar-refractivity contribution in [2.75, 3.05) is 12.3 Å². The van der Waals surface area contributed by atoms with Crippen LogP contribution in [0.3, 0.4) is 0 Å². The Morgan fingerprint density at radius 1 is 1.14 bits per heavy atom. The second-order valence-corrected chi connectivity index (χ2v) is 6.59. The Kier molecular flexibility index (Phi) is 4.51. The molecule has 0 saturated carbocycles. The summed E-state index contributed by atoms with van der Waals surface area (Å²) in [6, 6.07) is 17.7. The van der Waals surface area contributed by atoms with Crippen molar-refractivity contribution in [3.8, 4) is 0 Å². The Hall–Kier alpha value is -1.45. The van der Waals surface area contributed by atoms with Crippen molar-refractivity contribution in [2.24, 2.45) is 0 Å². The zero-order chi connectivity index (χ0) is 14.7. The lowest BCUT2D eigenvalue weighted by Crippen LogP contribution is -2.31.